The summed E-state index contributed by atoms with van der Waals surface area (Å²) in [6.07, 6.45) is 7.09. The molecule has 0 fully saturated rings. The van der Waals surface area contributed by atoms with Gasteiger partial charge in [0.1, 0.15) is 17.9 Å². The second kappa shape index (κ2) is 8.43. The summed E-state index contributed by atoms with van der Waals surface area (Å²) in [6.45, 7) is 0. The molecule has 2 aromatic heterocycles. The Morgan fingerprint density at radius 2 is 1.97 bits per heavy atom. The highest BCUT2D eigenvalue weighted by atomic mass is 16.6. The summed E-state index contributed by atoms with van der Waals surface area (Å²) >= 11 is 0. The number of hydrogen-bond acceptors (Lipinski definition) is 6. The van der Waals surface area contributed by atoms with Gasteiger partial charge in [0.2, 0.25) is 0 Å². The van der Waals surface area contributed by atoms with Crippen LogP contribution in [-0.2, 0) is 0 Å². The molecule has 0 aliphatic rings. The van der Waals surface area contributed by atoms with E-state index in [0.29, 0.717) is 17.1 Å². The summed E-state index contributed by atoms with van der Waals surface area (Å²) in [4.78, 5) is 22.7. The average Bonchev–Trinajstić information content (AvgIpc) is 3.30. The van der Waals surface area contributed by atoms with Crippen molar-refractivity contribution in [2.45, 2.75) is 0 Å². The number of rotatable bonds is 6. The molecule has 0 aliphatic heterocycles. The number of ether oxygens (including phenoxy) is 1. The van der Waals surface area contributed by atoms with Crippen LogP contribution in [0.3, 0.4) is 0 Å². The van der Waals surface area contributed by atoms with Crippen LogP contribution in [0.25, 0.3) is 34.0 Å². The zero-order valence-electron chi connectivity index (χ0n) is 17.6. The molecule has 5 aromatic rings. The highest BCUT2D eigenvalue weighted by molar-refractivity contribution is 5.95. The molecule has 0 aliphatic carbocycles. The maximum absolute atomic E-state index is 11.1. The summed E-state index contributed by atoms with van der Waals surface area (Å²) < 4.78 is 5.56. The van der Waals surface area contributed by atoms with Crippen molar-refractivity contribution in [3.05, 3.63) is 94.4 Å². The summed E-state index contributed by atoms with van der Waals surface area (Å²) in [7, 11) is 1.60. The van der Waals surface area contributed by atoms with Crippen LogP contribution in [0.5, 0.6) is 5.75 Å². The molecule has 0 unspecified atom stereocenters. The van der Waals surface area contributed by atoms with Crippen LogP contribution in [0.1, 0.15) is 11.1 Å². The normalized spacial score (nSPS) is 11.3. The molecule has 33 heavy (non-hydrogen) atoms. The Balaban J connectivity index is 1.53. The second-order valence-corrected chi connectivity index (χ2v) is 7.42. The van der Waals surface area contributed by atoms with E-state index < -0.39 is 4.92 Å². The minimum atomic E-state index is -0.409. The van der Waals surface area contributed by atoms with Crippen LogP contribution >= 0.6 is 0 Å². The van der Waals surface area contributed by atoms with Gasteiger partial charge in [-0.3, -0.25) is 10.1 Å². The molecule has 0 saturated heterocycles. The van der Waals surface area contributed by atoms with Gasteiger partial charge in [-0.15, -0.1) is 0 Å². The van der Waals surface area contributed by atoms with Crippen molar-refractivity contribution >= 4 is 51.2 Å². The van der Waals surface area contributed by atoms with E-state index >= 15 is 0 Å². The summed E-state index contributed by atoms with van der Waals surface area (Å²) in [5.41, 5.74) is 4.27. The van der Waals surface area contributed by atoms with Crippen molar-refractivity contribution in [1.82, 2.24) is 15.0 Å². The van der Waals surface area contributed by atoms with Gasteiger partial charge in [0.15, 0.2) is 0 Å². The monoisotopic (exact) mass is 437 g/mol. The van der Waals surface area contributed by atoms with Crippen LogP contribution in [0.4, 0.5) is 17.2 Å². The van der Waals surface area contributed by atoms with E-state index in [1.54, 1.807) is 13.2 Å². The number of aromatic amines is 1. The topological polar surface area (TPSA) is 106 Å². The van der Waals surface area contributed by atoms with Gasteiger partial charge in [0, 0.05) is 51.9 Å². The summed E-state index contributed by atoms with van der Waals surface area (Å²) in [6, 6.07) is 18.3. The average molecular weight is 437 g/mol. The van der Waals surface area contributed by atoms with Gasteiger partial charge in [0.05, 0.1) is 17.5 Å². The highest BCUT2D eigenvalue weighted by Gasteiger charge is 2.10. The number of methoxy groups -OCH3 is 1. The number of H-pyrrole nitrogens is 1. The number of nitro benzene ring substituents is 1. The molecule has 0 bridgehead atoms. The minimum Gasteiger partial charge on any atom is -0.496 e. The lowest BCUT2D eigenvalue weighted by Crippen LogP contribution is -1.97. The van der Waals surface area contributed by atoms with E-state index in [4.69, 9.17) is 4.74 Å². The van der Waals surface area contributed by atoms with E-state index in [2.05, 4.69) is 20.3 Å². The van der Waals surface area contributed by atoms with Gasteiger partial charge in [-0.1, -0.05) is 24.3 Å². The number of non-ortho nitro benzene ring substituents is 1. The first-order valence-electron chi connectivity index (χ1n) is 10.2. The van der Waals surface area contributed by atoms with E-state index in [9.17, 15) is 10.1 Å². The number of nitrogens with zero attached hydrogens (tertiary/aromatic N) is 3. The Kier molecular flexibility index (Phi) is 5.16. The standard InChI is InChI=1S/C25H19N5O3/c1-33-24-14-23-21(13-18(24)6-5-16-3-2-4-20(11-16)30(31)32)25(28-15-27-23)29-19-7-8-22-17(12-19)9-10-26-22/h2-15,26H,1H3,(H,27,28,29). The van der Waals surface area contributed by atoms with Crippen molar-refractivity contribution in [3.63, 3.8) is 0 Å². The lowest BCUT2D eigenvalue weighted by molar-refractivity contribution is -0.384. The zero-order chi connectivity index (χ0) is 22.8. The molecule has 0 spiro atoms. The largest absolute Gasteiger partial charge is 0.496 e. The molecular formula is C25H19N5O3. The zero-order valence-corrected chi connectivity index (χ0v) is 17.6. The number of hydrogen-bond donors (Lipinski definition) is 2. The molecule has 0 radical (unpaired) electrons. The van der Waals surface area contributed by atoms with Crippen molar-refractivity contribution in [3.8, 4) is 5.75 Å². The van der Waals surface area contributed by atoms with Gasteiger partial charge in [-0.25, -0.2) is 9.97 Å². The van der Waals surface area contributed by atoms with Crippen LogP contribution in [-0.4, -0.2) is 27.0 Å². The van der Waals surface area contributed by atoms with Crippen molar-refractivity contribution in [2.24, 2.45) is 0 Å². The smallest absolute Gasteiger partial charge is 0.270 e. The Labute approximate surface area is 188 Å². The van der Waals surface area contributed by atoms with Crippen molar-refractivity contribution in [2.75, 3.05) is 12.4 Å². The molecule has 0 amide bonds. The van der Waals surface area contributed by atoms with Crippen molar-refractivity contribution in [1.29, 1.82) is 0 Å². The first-order valence-corrected chi connectivity index (χ1v) is 10.2. The number of benzene rings is 3. The molecular weight excluding hydrogens is 418 g/mol. The lowest BCUT2D eigenvalue weighted by Gasteiger charge is -2.11. The Morgan fingerprint density at radius 3 is 2.82 bits per heavy atom. The molecule has 0 saturated carbocycles. The van der Waals surface area contributed by atoms with Crippen LogP contribution in [0, 0.1) is 10.1 Å². The molecule has 8 heteroatoms. The highest BCUT2D eigenvalue weighted by Crippen LogP contribution is 2.31. The maximum Gasteiger partial charge on any atom is 0.270 e. The molecule has 0 atom stereocenters. The molecule has 162 valence electrons. The fraction of sp³-hybridized carbons (Fsp3) is 0.0400. The number of nitrogens with one attached hydrogen (secondary N) is 2. The first kappa shape index (κ1) is 20.2. The van der Waals surface area contributed by atoms with E-state index in [1.165, 1.54) is 18.5 Å². The third-order valence-corrected chi connectivity index (χ3v) is 5.34. The van der Waals surface area contributed by atoms with E-state index in [0.717, 1.165) is 33.1 Å². The van der Waals surface area contributed by atoms with Crippen LogP contribution < -0.4 is 10.1 Å². The van der Waals surface area contributed by atoms with Gasteiger partial charge >= 0.3 is 0 Å². The molecule has 2 heterocycles. The fourth-order valence-electron chi connectivity index (χ4n) is 3.70. The Bertz CT molecular complexity index is 1520. The van der Waals surface area contributed by atoms with E-state index in [-0.39, 0.29) is 5.69 Å². The maximum atomic E-state index is 11.1. The Hall–Kier alpha value is -4.72. The number of fused-ring (bicyclic) bond motifs is 2. The van der Waals surface area contributed by atoms with Gasteiger partial charge in [-0.2, -0.15) is 0 Å². The van der Waals surface area contributed by atoms with Crippen LogP contribution in [0.2, 0.25) is 0 Å². The number of anilines is 2. The summed E-state index contributed by atoms with van der Waals surface area (Å²) in [5, 5.41) is 16.4. The lowest BCUT2D eigenvalue weighted by atomic mass is 10.1. The van der Waals surface area contributed by atoms with E-state index in [1.807, 2.05) is 60.8 Å². The number of aromatic nitrogens is 3. The molecule has 8 nitrogen and oxygen atoms in total. The first-order chi connectivity index (χ1) is 16.1. The predicted molar refractivity (Wildman–Crippen MR) is 130 cm³/mol. The summed E-state index contributed by atoms with van der Waals surface area (Å²) in [5.74, 6) is 1.31. The molecule has 2 N–H and O–H groups in total. The SMILES string of the molecule is COc1cc2ncnc(Nc3ccc4[nH]ccc4c3)c2cc1C=Cc1cccc([N+](=O)[O-])c1. The predicted octanol–water partition coefficient (Wildman–Crippen LogP) is 5.94. The van der Waals surface area contributed by atoms with Crippen LogP contribution in [0.15, 0.2) is 73.2 Å². The Morgan fingerprint density at radius 1 is 1.06 bits per heavy atom. The quantitative estimate of drug-likeness (QED) is 0.193. The minimum absolute atomic E-state index is 0.0434. The third kappa shape index (κ3) is 4.09. The van der Waals surface area contributed by atoms with Crippen molar-refractivity contribution < 1.29 is 9.66 Å². The third-order valence-electron chi connectivity index (χ3n) is 5.34. The fourth-order valence-corrected chi connectivity index (χ4v) is 3.70. The second-order valence-electron chi connectivity index (χ2n) is 7.42. The van der Waals surface area contributed by atoms with Gasteiger partial charge in [-0.05, 0) is 35.9 Å². The molecule has 5 rings (SSSR count). The molecule has 3 aromatic carbocycles. The number of nitro groups is 1. The van der Waals surface area contributed by atoms with Gasteiger partial charge < -0.3 is 15.0 Å². The van der Waals surface area contributed by atoms with Gasteiger partial charge in [0.25, 0.3) is 5.69 Å².